The number of nitrogens with zero attached hydrogens (tertiary/aromatic N) is 2. The van der Waals surface area contributed by atoms with Crippen molar-refractivity contribution in [3.8, 4) is 0 Å². The molecule has 0 aliphatic rings. The topological polar surface area (TPSA) is 24.7 Å². The average molecular weight is 138 g/mol. The molecule has 0 saturated carbocycles. The zero-order valence-corrected chi connectivity index (χ0v) is 6.83. The van der Waals surface area contributed by atoms with Crippen LogP contribution in [0, 0.1) is 0 Å². The summed E-state index contributed by atoms with van der Waals surface area (Å²) in [5.41, 5.74) is 0.986. The van der Waals surface area contributed by atoms with Gasteiger partial charge in [0.25, 0.3) is 0 Å². The van der Waals surface area contributed by atoms with Gasteiger partial charge in [-0.05, 0) is 26.8 Å². The monoisotopic (exact) mass is 138 g/mol. The summed E-state index contributed by atoms with van der Waals surface area (Å²) in [6, 6.07) is 0. The van der Waals surface area contributed by atoms with E-state index in [1.807, 2.05) is 26.8 Å². The number of rotatable bonds is 3. The van der Waals surface area contributed by atoms with Crippen molar-refractivity contribution in [2.24, 2.45) is 9.98 Å². The van der Waals surface area contributed by atoms with Crippen molar-refractivity contribution in [2.45, 2.75) is 20.8 Å². The minimum atomic E-state index is 0.833. The van der Waals surface area contributed by atoms with Crippen LogP contribution < -0.4 is 0 Å². The van der Waals surface area contributed by atoms with Gasteiger partial charge in [0.2, 0.25) is 0 Å². The Hall–Kier alpha value is -0.920. The van der Waals surface area contributed by atoms with Crippen LogP contribution in [-0.2, 0) is 0 Å². The Morgan fingerprint density at radius 1 is 1.50 bits per heavy atom. The summed E-state index contributed by atoms with van der Waals surface area (Å²) in [4.78, 5) is 8.06. The van der Waals surface area contributed by atoms with Gasteiger partial charge >= 0.3 is 0 Å². The predicted molar refractivity (Wildman–Crippen MR) is 47.0 cm³/mol. The molecule has 0 aromatic carbocycles. The molecule has 0 aromatic rings. The lowest BCUT2D eigenvalue weighted by Gasteiger charge is -1.84. The Morgan fingerprint density at radius 3 is 2.70 bits per heavy atom. The largest absolute Gasteiger partial charge is 0.293 e. The van der Waals surface area contributed by atoms with Gasteiger partial charge in [0.1, 0.15) is 0 Å². The molecular formula is C8H14N2. The Bertz CT molecular complexity index is 155. The lowest BCUT2D eigenvalue weighted by molar-refractivity contribution is 1.14. The van der Waals surface area contributed by atoms with Crippen LogP contribution in [-0.4, -0.2) is 19.0 Å². The number of allylic oxidation sites excluding steroid dienone is 2. The maximum atomic E-state index is 4.04. The van der Waals surface area contributed by atoms with E-state index in [4.69, 9.17) is 0 Å². The van der Waals surface area contributed by atoms with Gasteiger partial charge in [0.15, 0.2) is 0 Å². The first-order valence-electron chi connectivity index (χ1n) is 3.46. The third-order valence-corrected chi connectivity index (χ3v) is 0.936. The van der Waals surface area contributed by atoms with Crippen LogP contribution in [0.4, 0.5) is 0 Å². The van der Waals surface area contributed by atoms with E-state index in [2.05, 4.69) is 9.98 Å². The van der Waals surface area contributed by atoms with Gasteiger partial charge in [-0.1, -0.05) is 0 Å². The summed E-state index contributed by atoms with van der Waals surface area (Å²) >= 11 is 0. The molecule has 0 heterocycles. The average Bonchev–Trinajstić information content (AvgIpc) is 1.89. The zero-order chi connectivity index (χ0) is 7.82. The van der Waals surface area contributed by atoms with Crippen LogP contribution in [0.5, 0.6) is 0 Å². The molecule has 0 aromatic heterocycles. The third-order valence-electron chi connectivity index (χ3n) is 0.936. The standard InChI is InChI=1S/C8H14N2/c1-4-9-7-6-8(3)10-5-2/h5-7H,4H2,1-3H3/b8-6+,9-7?,10-5?. The first-order valence-corrected chi connectivity index (χ1v) is 3.46. The first kappa shape index (κ1) is 9.08. The van der Waals surface area contributed by atoms with E-state index >= 15 is 0 Å². The SMILES string of the molecule is CC=N/C(C)=C/C=NCC. The van der Waals surface area contributed by atoms with Crippen molar-refractivity contribution in [1.82, 2.24) is 0 Å². The predicted octanol–water partition coefficient (Wildman–Crippen LogP) is 2.07. The van der Waals surface area contributed by atoms with Gasteiger partial charge in [-0.3, -0.25) is 9.98 Å². The molecule has 0 amide bonds. The molecule has 0 bridgehead atoms. The summed E-state index contributed by atoms with van der Waals surface area (Å²) in [5.74, 6) is 0. The van der Waals surface area contributed by atoms with Crippen molar-refractivity contribution in [3.05, 3.63) is 11.8 Å². The molecule has 0 saturated heterocycles. The van der Waals surface area contributed by atoms with Crippen LogP contribution >= 0.6 is 0 Å². The first-order chi connectivity index (χ1) is 4.81. The zero-order valence-electron chi connectivity index (χ0n) is 6.83. The van der Waals surface area contributed by atoms with Crippen LogP contribution in [0.25, 0.3) is 0 Å². The second-order valence-electron chi connectivity index (χ2n) is 1.84. The van der Waals surface area contributed by atoms with Gasteiger partial charge in [0.05, 0.1) is 0 Å². The second-order valence-corrected chi connectivity index (χ2v) is 1.84. The van der Waals surface area contributed by atoms with E-state index in [1.54, 1.807) is 12.4 Å². The van der Waals surface area contributed by atoms with Crippen molar-refractivity contribution in [2.75, 3.05) is 6.54 Å². The molecule has 0 unspecified atom stereocenters. The molecule has 0 radical (unpaired) electrons. The molecule has 56 valence electrons. The molecule has 0 rings (SSSR count). The van der Waals surface area contributed by atoms with E-state index in [9.17, 15) is 0 Å². The summed E-state index contributed by atoms with van der Waals surface area (Å²) < 4.78 is 0. The van der Waals surface area contributed by atoms with Crippen LogP contribution in [0.15, 0.2) is 21.8 Å². The fourth-order valence-corrected chi connectivity index (χ4v) is 0.513. The quantitative estimate of drug-likeness (QED) is 0.533. The molecule has 0 spiro atoms. The molecule has 2 nitrogen and oxygen atoms in total. The molecule has 0 N–H and O–H groups in total. The van der Waals surface area contributed by atoms with Crippen molar-refractivity contribution in [3.63, 3.8) is 0 Å². The molecule has 0 fully saturated rings. The van der Waals surface area contributed by atoms with Crippen LogP contribution in [0.1, 0.15) is 20.8 Å². The third kappa shape index (κ3) is 5.22. The summed E-state index contributed by atoms with van der Waals surface area (Å²) in [6.45, 7) is 6.68. The Labute approximate surface area is 62.4 Å². The summed E-state index contributed by atoms with van der Waals surface area (Å²) in [5, 5.41) is 0. The highest BCUT2D eigenvalue weighted by Gasteiger charge is 1.75. The highest BCUT2D eigenvalue weighted by atomic mass is 14.7. The minimum Gasteiger partial charge on any atom is -0.293 e. The van der Waals surface area contributed by atoms with E-state index in [-0.39, 0.29) is 0 Å². The Balaban J connectivity index is 3.79. The maximum Gasteiger partial charge on any atom is 0.0383 e. The van der Waals surface area contributed by atoms with Gasteiger partial charge in [0, 0.05) is 24.7 Å². The van der Waals surface area contributed by atoms with Crippen molar-refractivity contribution < 1.29 is 0 Å². The maximum absolute atomic E-state index is 4.04. The fourth-order valence-electron chi connectivity index (χ4n) is 0.513. The number of hydrogen-bond donors (Lipinski definition) is 0. The number of hydrogen-bond acceptors (Lipinski definition) is 2. The molecule has 2 heteroatoms. The van der Waals surface area contributed by atoms with Gasteiger partial charge in [-0.15, -0.1) is 0 Å². The van der Waals surface area contributed by atoms with Crippen molar-refractivity contribution in [1.29, 1.82) is 0 Å². The van der Waals surface area contributed by atoms with E-state index < -0.39 is 0 Å². The summed E-state index contributed by atoms with van der Waals surface area (Å²) in [7, 11) is 0. The van der Waals surface area contributed by atoms with E-state index in [0.29, 0.717) is 0 Å². The smallest absolute Gasteiger partial charge is 0.0383 e. The van der Waals surface area contributed by atoms with E-state index in [0.717, 1.165) is 12.2 Å². The highest BCUT2D eigenvalue weighted by molar-refractivity contribution is 5.72. The molecule has 0 aliphatic heterocycles. The van der Waals surface area contributed by atoms with Crippen LogP contribution in [0.2, 0.25) is 0 Å². The van der Waals surface area contributed by atoms with Gasteiger partial charge in [-0.25, -0.2) is 0 Å². The second kappa shape index (κ2) is 6.20. The van der Waals surface area contributed by atoms with E-state index in [1.165, 1.54) is 0 Å². The minimum absolute atomic E-state index is 0.833. The fraction of sp³-hybridized carbons (Fsp3) is 0.500. The van der Waals surface area contributed by atoms with Crippen molar-refractivity contribution >= 4 is 12.4 Å². The Kier molecular flexibility index (Phi) is 5.63. The molecular weight excluding hydrogens is 124 g/mol. The summed E-state index contributed by atoms with van der Waals surface area (Å²) in [6.07, 6.45) is 5.44. The van der Waals surface area contributed by atoms with Crippen LogP contribution in [0.3, 0.4) is 0 Å². The molecule has 0 atom stereocenters. The Morgan fingerprint density at radius 2 is 2.20 bits per heavy atom. The van der Waals surface area contributed by atoms with Gasteiger partial charge in [-0.2, -0.15) is 0 Å². The number of aliphatic imine (C=N–C) groups is 2. The lowest BCUT2D eigenvalue weighted by atomic mass is 10.4. The normalized spacial score (nSPS) is 13.7. The molecule has 0 aliphatic carbocycles. The molecule has 10 heavy (non-hydrogen) atoms. The lowest BCUT2D eigenvalue weighted by Crippen LogP contribution is -1.73. The highest BCUT2D eigenvalue weighted by Crippen LogP contribution is 1.89. The van der Waals surface area contributed by atoms with Gasteiger partial charge < -0.3 is 0 Å².